The number of likely N-dealkylation sites (tertiary alicyclic amines) is 1. The molecule has 2 bridgehead atoms. The van der Waals surface area contributed by atoms with Gasteiger partial charge in [-0.1, -0.05) is 20.8 Å². The van der Waals surface area contributed by atoms with Gasteiger partial charge in [-0.3, -0.25) is 14.4 Å². The van der Waals surface area contributed by atoms with Gasteiger partial charge in [-0.05, 0) is 69.7 Å². The normalized spacial score (nSPS) is 30.5. The molecule has 9 nitrogen and oxygen atoms in total. The molecule has 3 N–H and O–H groups in total. The number of aliphatic hydroxyl groups is 1. The van der Waals surface area contributed by atoms with Crippen LogP contribution in [0.15, 0.2) is 24.3 Å². The highest BCUT2D eigenvalue weighted by Gasteiger charge is 2.79. The molecule has 4 rings (SSSR count). The number of benzene rings is 1. The molecule has 3 aliphatic heterocycles. The summed E-state index contributed by atoms with van der Waals surface area (Å²) in [6.07, 6.45) is 2.24. The van der Waals surface area contributed by atoms with Crippen molar-refractivity contribution in [3.05, 3.63) is 24.3 Å². The van der Waals surface area contributed by atoms with E-state index in [2.05, 4.69) is 29.4 Å². The van der Waals surface area contributed by atoms with Crippen molar-refractivity contribution in [3.63, 3.8) is 0 Å². The topological polar surface area (TPSA) is 111 Å². The minimum atomic E-state index is -1.11. The van der Waals surface area contributed by atoms with Crippen LogP contribution in [0.2, 0.25) is 0 Å². The average molecular weight is 529 g/mol. The number of amides is 3. The fraction of sp³-hybridized carbons (Fsp3) is 0.690. The van der Waals surface area contributed by atoms with E-state index >= 15 is 0 Å². The second-order valence-electron chi connectivity index (χ2n) is 11.4. The highest BCUT2D eigenvalue weighted by Crippen LogP contribution is 2.64. The highest BCUT2D eigenvalue weighted by molar-refractivity contribution is 6.04. The van der Waals surface area contributed by atoms with Gasteiger partial charge in [0.2, 0.25) is 17.7 Å². The number of nitrogens with one attached hydrogen (secondary N) is 2. The van der Waals surface area contributed by atoms with Crippen LogP contribution in [0.1, 0.15) is 60.3 Å². The Morgan fingerprint density at radius 2 is 1.79 bits per heavy atom. The molecule has 3 saturated heterocycles. The van der Waals surface area contributed by atoms with Crippen molar-refractivity contribution in [3.8, 4) is 0 Å². The Hall–Kier alpha value is -2.65. The van der Waals surface area contributed by atoms with Crippen molar-refractivity contribution >= 4 is 29.1 Å². The molecule has 3 fully saturated rings. The second kappa shape index (κ2) is 10.8. The number of ether oxygens (including phenoxy) is 1. The Kier molecular flexibility index (Phi) is 8.09. The molecule has 1 spiro atoms. The fourth-order valence-corrected chi connectivity index (χ4v) is 7.28. The number of carbonyl (C=O) groups is 3. The molecule has 3 amide bonds. The zero-order chi connectivity index (χ0) is 27.8. The van der Waals surface area contributed by atoms with E-state index in [0.717, 1.165) is 18.8 Å². The minimum absolute atomic E-state index is 0.197. The van der Waals surface area contributed by atoms with Crippen molar-refractivity contribution in [2.75, 3.05) is 37.0 Å². The van der Waals surface area contributed by atoms with Gasteiger partial charge in [0.05, 0.1) is 30.1 Å². The molecule has 0 aliphatic carbocycles. The van der Waals surface area contributed by atoms with E-state index in [1.165, 1.54) is 0 Å². The SMILES string of the molecule is CCN(CC)c1ccc(NC(=O)C2N([C@@H](CO)CC(C)C)C(=O)[C@@H]3[C@@H](C(=O)NC)[C@@]4(CC)CCC23O4)cc1. The van der Waals surface area contributed by atoms with Crippen molar-refractivity contribution in [2.24, 2.45) is 17.8 Å². The van der Waals surface area contributed by atoms with Gasteiger partial charge in [-0.2, -0.15) is 0 Å². The number of rotatable bonds is 11. The van der Waals surface area contributed by atoms with Gasteiger partial charge in [0.25, 0.3) is 0 Å². The van der Waals surface area contributed by atoms with Crippen molar-refractivity contribution in [1.82, 2.24) is 10.2 Å². The van der Waals surface area contributed by atoms with Crippen LogP contribution in [0.5, 0.6) is 0 Å². The van der Waals surface area contributed by atoms with E-state index in [-0.39, 0.29) is 30.2 Å². The number of aliphatic hydroxyl groups excluding tert-OH is 1. The molecular weight excluding hydrogens is 484 g/mol. The van der Waals surface area contributed by atoms with Crippen LogP contribution in [-0.2, 0) is 19.1 Å². The smallest absolute Gasteiger partial charge is 0.250 e. The number of fused-ring (bicyclic) bond motifs is 1. The number of hydrogen-bond donors (Lipinski definition) is 3. The third kappa shape index (κ3) is 4.37. The van der Waals surface area contributed by atoms with Crippen LogP contribution in [0.4, 0.5) is 11.4 Å². The Morgan fingerprint density at radius 3 is 2.32 bits per heavy atom. The summed E-state index contributed by atoms with van der Waals surface area (Å²) in [6.45, 7) is 11.7. The molecular formula is C29H44N4O5. The van der Waals surface area contributed by atoms with E-state index in [0.29, 0.717) is 31.4 Å². The predicted octanol–water partition coefficient (Wildman–Crippen LogP) is 2.78. The van der Waals surface area contributed by atoms with Crippen molar-refractivity contribution in [2.45, 2.75) is 83.6 Å². The van der Waals surface area contributed by atoms with E-state index in [1.807, 2.05) is 45.0 Å². The maximum Gasteiger partial charge on any atom is 0.250 e. The molecule has 3 aliphatic rings. The van der Waals surface area contributed by atoms with Gasteiger partial charge < -0.3 is 30.3 Å². The Morgan fingerprint density at radius 1 is 1.13 bits per heavy atom. The summed E-state index contributed by atoms with van der Waals surface area (Å²) in [4.78, 5) is 45.2. The van der Waals surface area contributed by atoms with Gasteiger partial charge in [0, 0.05) is 31.5 Å². The van der Waals surface area contributed by atoms with Gasteiger partial charge in [-0.15, -0.1) is 0 Å². The first kappa shape index (κ1) is 28.4. The van der Waals surface area contributed by atoms with E-state index < -0.39 is 35.1 Å². The monoisotopic (exact) mass is 528 g/mol. The summed E-state index contributed by atoms with van der Waals surface area (Å²) < 4.78 is 6.74. The van der Waals surface area contributed by atoms with Crippen LogP contribution < -0.4 is 15.5 Å². The van der Waals surface area contributed by atoms with Gasteiger partial charge in [-0.25, -0.2) is 0 Å². The first-order valence-corrected chi connectivity index (χ1v) is 14.1. The Labute approximate surface area is 226 Å². The molecule has 0 aromatic heterocycles. The quantitative estimate of drug-likeness (QED) is 0.407. The van der Waals surface area contributed by atoms with Crippen LogP contribution >= 0.6 is 0 Å². The first-order valence-electron chi connectivity index (χ1n) is 14.1. The molecule has 1 aromatic carbocycles. The van der Waals surface area contributed by atoms with Crippen LogP contribution in [0.25, 0.3) is 0 Å². The standard InChI is InChI=1S/C29H44N4O5/c1-7-28-14-15-29(38-28)23(22(28)25(35)30-6)27(37)33(21(17-34)16-18(4)5)24(29)26(36)31-19-10-12-20(13-11-19)32(8-2)9-3/h10-13,18,21-24,34H,7-9,14-17H2,1-6H3,(H,30,35)(H,31,36)/t21-,22+,23+,24?,28-,29?/m1/s1. The fourth-order valence-electron chi connectivity index (χ4n) is 7.28. The number of anilines is 2. The lowest BCUT2D eigenvalue weighted by atomic mass is 9.65. The lowest BCUT2D eigenvalue weighted by molar-refractivity contribution is -0.149. The van der Waals surface area contributed by atoms with E-state index in [4.69, 9.17) is 4.74 Å². The zero-order valence-electron chi connectivity index (χ0n) is 23.6. The zero-order valence-corrected chi connectivity index (χ0v) is 23.6. The molecule has 0 saturated carbocycles. The molecule has 210 valence electrons. The lowest BCUT2D eigenvalue weighted by Crippen LogP contribution is -2.56. The summed E-state index contributed by atoms with van der Waals surface area (Å²) in [6, 6.07) is 6.19. The molecule has 9 heteroatoms. The van der Waals surface area contributed by atoms with E-state index in [9.17, 15) is 19.5 Å². The van der Waals surface area contributed by atoms with Gasteiger partial charge in [0.15, 0.2) is 0 Å². The molecule has 0 radical (unpaired) electrons. The predicted molar refractivity (Wildman–Crippen MR) is 147 cm³/mol. The largest absolute Gasteiger partial charge is 0.394 e. The maximum atomic E-state index is 14.2. The van der Waals surface area contributed by atoms with Crippen LogP contribution in [0, 0.1) is 17.8 Å². The van der Waals surface area contributed by atoms with E-state index in [1.54, 1.807) is 11.9 Å². The summed E-state index contributed by atoms with van der Waals surface area (Å²) in [5, 5.41) is 16.1. The molecule has 38 heavy (non-hydrogen) atoms. The number of carbonyl (C=O) groups excluding carboxylic acids is 3. The Balaban J connectivity index is 1.73. The average Bonchev–Trinajstić information content (AvgIpc) is 3.52. The number of nitrogens with zero attached hydrogens (tertiary/aromatic N) is 2. The third-order valence-corrected chi connectivity index (χ3v) is 9.01. The molecule has 6 atom stereocenters. The Bertz CT molecular complexity index is 1040. The molecule has 1 aromatic rings. The van der Waals surface area contributed by atoms with Crippen LogP contribution in [-0.4, -0.2) is 77.8 Å². The summed E-state index contributed by atoms with van der Waals surface area (Å²) in [5.41, 5.74) is -0.191. The van der Waals surface area contributed by atoms with Crippen LogP contribution in [0.3, 0.4) is 0 Å². The number of hydrogen-bond acceptors (Lipinski definition) is 6. The van der Waals surface area contributed by atoms with Crippen molar-refractivity contribution in [1.29, 1.82) is 0 Å². The maximum absolute atomic E-state index is 14.2. The van der Waals surface area contributed by atoms with Gasteiger partial charge >= 0.3 is 0 Å². The van der Waals surface area contributed by atoms with Gasteiger partial charge in [0.1, 0.15) is 11.6 Å². The highest BCUT2D eigenvalue weighted by atomic mass is 16.5. The third-order valence-electron chi connectivity index (χ3n) is 9.01. The summed E-state index contributed by atoms with van der Waals surface area (Å²) in [5.74, 6) is -2.09. The first-order chi connectivity index (χ1) is 18.1. The second-order valence-corrected chi connectivity index (χ2v) is 11.4. The summed E-state index contributed by atoms with van der Waals surface area (Å²) in [7, 11) is 1.57. The molecule has 2 unspecified atom stereocenters. The summed E-state index contributed by atoms with van der Waals surface area (Å²) >= 11 is 0. The molecule has 3 heterocycles. The van der Waals surface area contributed by atoms with Crippen molar-refractivity contribution < 1.29 is 24.2 Å². The minimum Gasteiger partial charge on any atom is -0.394 e. The lowest BCUT2D eigenvalue weighted by Gasteiger charge is -2.37.